The maximum Gasteiger partial charge on any atom is 0.337 e. The van der Waals surface area contributed by atoms with Crippen molar-refractivity contribution in [1.29, 1.82) is 0 Å². The maximum absolute atomic E-state index is 11.7. The Morgan fingerprint density at radius 3 is 3.04 bits per heavy atom. The van der Waals surface area contributed by atoms with Crippen LogP contribution in [0.15, 0.2) is 24.4 Å². The Labute approximate surface area is 150 Å². The van der Waals surface area contributed by atoms with Crippen molar-refractivity contribution in [3.8, 4) is 0 Å². The van der Waals surface area contributed by atoms with Crippen LogP contribution in [0.4, 0.5) is 11.4 Å². The number of rotatable bonds is 5. The molecule has 7 heteroatoms. The maximum atomic E-state index is 11.7. The Morgan fingerprint density at radius 1 is 1.54 bits per heavy atom. The number of hydrogen-bond donors (Lipinski definition) is 2. The van der Waals surface area contributed by atoms with Crippen LogP contribution in [-0.2, 0) is 6.54 Å². The summed E-state index contributed by atoms with van der Waals surface area (Å²) in [6.45, 7) is 4.61. The second kappa shape index (κ2) is 7.40. The van der Waals surface area contributed by atoms with Gasteiger partial charge in [0, 0.05) is 29.9 Å². The second-order valence-electron chi connectivity index (χ2n) is 6.16. The number of hydrogen-bond acceptors (Lipinski definition) is 5. The lowest BCUT2D eigenvalue weighted by Crippen LogP contribution is -2.35. The van der Waals surface area contributed by atoms with E-state index in [0.29, 0.717) is 22.5 Å². The molecule has 1 aromatic heterocycles. The number of aromatic nitrogens is 1. The van der Waals surface area contributed by atoms with Gasteiger partial charge in [-0.25, -0.2) is 9.78 Å². The molecule has 2 aromatic rings. The summed E-state index contributed by atoms with van der Waals surface area (Å²) < 4.78 is 0.507. The zero-order valence-electron chi connectivity index (χ0n) is 13.5. The number of carboxylic acid groups (broad SMARTS) is 1. The standard InChI is InChI=1S/C17H20ClN3O2S/c1-11-3-2-6-21(10-11)15-5-4-12(7-14(15)16(22)23)19-8-13-9-20-17(18)24-13/h4-5,7,9,11,19H,2-3,6,8,10H2,1H3,(H,22,23). The van der Waals surface area contributed by atoms with E-state index in [1.807, 2.05) is 12.1 Å². The third-order valence-corrected chi connectivity index (χ3v) is 5.33. The van der Waals surface area contributed by atoms with Gasteiger partial charge in [0.1, 0.15) is 0 Å². The number of carboxylic acids is 1. The van der Waals surface area contributed by atoms with Gasteiger partial charge in [-0.15, -0.1) is 11.3 Å². The highest BCUT2D eigenvalue weighted by Crippen LogP contribution is 2.29. The van der Waals surface area contributed by atoms with E-state index in [1.165, 1.54) is 17.8 Å². The van der Waals surface area contributed by atoms with Crippen LogP contribution in [0.25, 0.3) is 0 Å². The molecule has 0 spiro atoms. The van der Waals surface area contributed by atoms with Crippen molar-refractivity contribution in [3.05, 3.63) is 39.3 Å². The molecule has 1 fully saturated rings. The Bertz CT molecular complexity index is 734. The molecule has 24 heavy (non-hydrogen) atoms. The van der Waals surface area contributed by atoms with Crippen molar-refractivity contribution in [2.75, 3.05) is 23.3 Å². The number of carbonyl (C=O) groups is 1. The van der Waals surface area contributed by atoms with Crippen LogP contribution in [-0.4, -0.2) is 29.1 Å². The van der Waals surface area contributed by atoms with Gasteiger partial charge in [0.15, 0.2) is 4.47 Å². The molecule has 2 N–H and O–H groups in total. The van der Waals surface area contributed by atoms with Crippen molar-refractivity contribution in [3.63, 3.8) is 0 Å². The number of nitrogens with zero attached hydrogens (tertiary/aromatic N) is 2. The summed E-state index contributed by atoms with van der Waals surface area (Å²) in [5.74, 6) is -0.304. The Balaban J connectivity index is 1.77. The fraction of sp³-hybridized carbons (Fsp3) is 0.412. The van der Waals surface area contributed by atoms with Gasteiger partial charge in [-0.3, -0.25) is 0 Å². The first-order valence-electron chi connectivity index (χ1n) is 7.99. The molecule has 0 radical (unpaired) electrons. The molecule has 128 valence electrons. The fourth-order valence-corrected chi connectivity index (χ4v) is 3.97. The summed E-state index contributed by atoms with van der Waals surface area (Å²) in [7, 11) is 0. The summed E-state index contributed by atoms with van der Waals surface area (Å²) in [5.41, 5.74) is 1.93. The normalized spacial score (nSPS) is 17.8. The third-order valence-electron chi connectivity index (χ3n) is 4.22. The molecule has 1 unspecified atom stereocenters. The van der Waals surface area contributed by atoms with Crippen LogP contribution >= 0.6 is 22.9 Å². The zero-order valence-corrected chi connectivity index (χ0v) is 15.0. The summed E-state index contributed by atoms with van der Waals surface area (Å²) in [6, 6.07) is 5.55. The van der Waals surface area contributed by atoms with Crippen LogP contribution in [0.1, 0.15) is 35.0 Å². The van der Waals surface area contributed by atoms with E-state index in [4.69, 9.17) is 11.6 Å². The lowest BCUT2D eigenvalue weighted by molar-refractivity contribution is 0.0697. The van der Waals surface area contributed by atoms with E-state index >= 15 is 0 Å². The smallest absolute Gasteiger partial charge is 0.337 e. The average Bonchev–Trinajstić information content (AvgIpc) is 2.98. The van der Waals surface area contributed by atoms with Gasteiger partial charge in [0.25, 0.3) is 0 Å². The predicted octanol–water partition coefficient (Wildman–Crippen LogP) is 4.34. The van der Waals surface area contributed by atoms with Crippen molar-refractivity contribution >= 4 is 40.3 Å². The highest BCUT2D eigenvalue weighted by molar-refractivity contribution is 7.15. The predicted molar refractivity (Wildman–Crippen MR) is 98.5 cm³/mol. The highest BCUT2D eigenvalue weighted by atomic mass is 35.5. The van der Waals surface area contributed by atoms with Gasteiger partial charge in [-0.1, -0.05) is 18.5 Å². The Morgan fingerprint density at radius 2 is 2.38 bits per heavy atom. The molecule has 0 aliphatic carbocycles. The number of thiazole rings is 1. The van der Waals surface area contributed by atoms with Gasteiger partial charge in [0.05, 0.1) is 17.8 Å². The van der Waals surface area contributed by atoms with Crippen molar-refractivity contribution in [1.82, 2.24) is 4.98 Å². The minimum atomic E-state index is -0.896. The molecule has 2 heterocycles. The average molecular weight is 366 g/mol. The highest BCUT2D eigenvalue weighted by Gasteiger charge is 2.21. The minimum absolute atomic E-state index is 0.344. The van der Waals surface area contributed by atoms with Crippen molar-refractivity contribution in [2.24, 2.45) is 5.92 Å². The van der Waals surface area contributed by atoms with E-state index in [0.717, 1.165) is 35.8 Å². The molecule has 1 aliphatic heterocycles. The first kappa shape index (κ1) is 17.0. The first-order chi connectivity index (χ1) is 11.5. The summed E-state index contributed by atoms with van der Waals surface area (Å²) >= 11 is 7.23. The van der Waals surface area contributed by atoms with E-state index in [1.54, 1.807) is 12.3 Å². The number of anilines is 2. The summed E-state index contributed by atoms with van der Waals surface area (Å²) in [6.07, 6.45) is 4.03. The molecule has 1 aliphatic rings. The van der Waals surface area contributed by atoms with Gasteiger partial charge >= 0.3 is 5.97 Å². The molecule has 0 saturated carbocycles. The summed E-state index contributed by atoms with van der Waals surface area (Å²) in [4.78, 5) is 18.9. The van der Waals surface area contributed by atoms with Crippen LogP contribution in [0.2, 0.25) is 4.47 Å². The molecular formula is C17H20ClN3O2S. The van der Waals surface area contributed by atoms with E-state index < -0.39 is 5.97 Å². The number of nitrogens with one attached hydrogen (secondary N) is 1. The van der Waals surface area contributed by atoms with E-state index in [9.17, 15) is 9.90 Å². The lowest BCUT2D eigenvalue weighted by atomic mass is 9.98. The van der Waals surface area contributed by atoms with Crippen LogP contribution < -0.4 is 10.2 Å². The number of piperidine rings is 1. The number of aromatic carboxylic acids is 1. The molecule has 5 nitrogen and oxygen atoms in total. The second-order valence-corrected chi connectivity index (χ2v) is 7.86. The SMILES string of the molecule is CC1CCCN(c2ccc(NCc3cnc(Cl)s3)cc2C(=O)O)C1. The Hall–Kier alpha value is -1.79. The van der Waals surface area contributed by atoms with Crippen molar-refractivity contribution < 1.29 is 9.90 Å². The number of halogens is 1. The molecule has 3 rings (SSSR count). The van der Waals surface area contributed by atoms with Crippen LogP contribution in [0, 0.1) is 5.92 Å². The van der Waals surface area contributed by atoms with Gasteiger partial charge < -0.3 is 15.3 Å². The third kappa shape index (κ3) is 3.99. The molecule has 1 atom stereocenters. The van der Waals surface area contributed by atoms with Crippen LogP contribution in [0.5, 0.6) is 0 Å². The lowest BCUT2D eigenvalue weighted by Gasteiger charge is -2.33. The zero-order chi connectivity index (χ0) is 17.1. The fourth-order valence-electron chi connectivity index (χ4n) is 3.06. The molecule has 1 aromatic carbocycles. The quantitative estimate of drug-likeness (QED) is 0.824. The van der Waals surface area contributed by atoms with Gasteiger partial charge in [-0.05, 0) is 37.0 Å². The molecule has 1 saturated heterocycles. The van der Waals surface area contributed by atoms with Gasteiger partial charge in [0.2, 0.25) is 0 Å². The topological polar surface area (TPSA) is 65.5 Å². The monoisotopic (exact) mass is 365 g/mol. The number of benzene rings is 1. The Kier molecular flexibility index (Phi) is 5.26. The van der Waals surface area contributed by atoms with Crippen molar-refractivity contribution in [2.45, 2.75) is 26.3 Å². The first-order valence-corrected chi connectivity index (χ1v) is 9.18. The van der Waals surface area contributed by atoms with Crippen LogP contribution in [0.3, 0.4) is 0 Å². The van der Waals surface area contributed by atoms with E-state index in [2.05, 4.69) is 22.1 Å². The minimum Gasteiger partial charge on any atom is -0.478 e. The van der Waals surface area contributed by atoms with E-state index in [-0.39, 0.29) is 0 Å². The molecule has 0 bridgehead atoms. The summed E-state index contributed by atoms with van der Waals surface area (Å²) in [5, 5.41) is 12.8. The molecule has 0 amide bonds. The largest absolute Gasteiger partial charge is 0.478 e. The van der Waals surface area contributed by atoms with Gasteiger partial charge in [-0.2, -0.15) is 0 Å². The molecular weight excluding hydrogens is 346 g/mol.